The summed E-state index contributed by atoms with van der Waals surface area (Å²) in [6, 6.07) is 5.17. The molecule has 2 aliphatic rings. The lowest BCUT2D eigenvalue weighted by molar-refractivity contribution is -0.0408. The number of fused-ring (bicyclic) bond motifs is 1. The van der Waals surface area contributed by atoms with Crippen LogP contribution in [0.2, 0.25) is 0 Å². The van der Waals surface area contributed by atoms with Crippen LogP contribution in [-0.2, 0) is 4.74 Å². The molecule has 0 atom stereocenters. The molecule has 0 bridgehead atoms. The van der Waals surface area contributed by atoms with Gasteiger partial charge in [0.25, 0.3) is 0 Å². The summed E-state index contributed by atoms with van der Waals surface area (Å²) in [6.45, 7) is 2.18. The smallest absolute Gasteiger partial charge is 0.483 e. The highest BCUT2D eigenvalue weighted by molar-refractivity contribution is 6.58. The van der Waals surface area contributed by atoms with Gasteiger partial charge < -0.3 is 24.8 Å². The van der Waals surface area contributed by atoms with E-state index in [4.69, 9.17) is 19.5 Å². The normalized spacial score (nSPS) is 19.7. The van der Waals surface area contributed by atoms with Gasteiger partial charge in [-0.15, -0.1) is 12.4 Å². The maximum Gasteiger partial charge on any atom is 0.488 e. The monoisotopic (exact) mass is 285 g/mol. The molecule has 0 radical (unpaired) electrons. The van der Waals surface area contributed by atoms with Crippen LogP contribution in [0.4, 0.5) is 5.69 Å². The number of halogens is 1. The number of hydrogen-bond donors (Lipinski definition) is 3. The zero-order valence-electron chi connectivity index (χ0n) is 10.5. The molecule has 1 spiro atoms. The van der Waals surface area contributed by atoms with Crippen molar-refractivity contribution in [3.63, 3.8) is 0 Å². The quantitative estimate of drug-likeness (QED) is 0.641. The van der Waals surface area contributed by atoms with Gasteiger partial charge in [-0.05, 0) is 17.6 Å². The third-order valence-corrected chi connectivity index (χ3v) is 3.63. The topological polar surface area (TPSA) is 71.0 Å². The minimum absolute atomic E-state index is 0. The van der Waals surface area contributed by atoms with E-state index in [2.05, 4.69) is 5.32 Å². The van der Waals surface area contributed by atoms with Crippen molar-refractivity contribution in [3.8, 4) is 5.75 Å². The molecule has 0 aromatic heterocycles. The number of nitrogens with one attached hydrogen (secondary N) is 1. The van der Waals surface area contributed by atoms with E-state index < -0.39 is 7.12 Å². The summed E-state index contributed by atoms with van der Waals surface area (Å²) >= 11 is 0. The summed E-state index contributed by atoms with van der Waals surface area (Å²) in [4.78, 5) is 0. The first-order valence-corrected chi connectivity index (χ1v) is 6.19. The fourth-order valence-electron chi connectivity index (χ4n) is 2.48. The van der Waals surface area contributed by atoms with Crippen molar-refractivity contribution in [1.82, 2.24) is 0 Å². The first-order valence-electron chi connectivity index (χ1n) is 6.19. The summed E-state index contributed by atoms with van der Waals surface area (Å²) in [6.07, 6.45) is 1.76. The molecule has 1 saturated heterocycles. The first-order chi connectivity index (χ1) is 8.69. The maximum atomic E-state index is 9.14. The van der Waals surface area contributed by atoms with Crippen molar-refractivity contribution >= 4 is 30.7 Å². The summed E-state index contributed by atoms with van der Waals surface area (Å²) < 4.78 is 11.5. The van der Waals surface area contributed by atoms with Gasteiger partial charge in [0.15, 0.2) is 0 Å². The molecule has 2 aliphatic heterocycles. The van der Waals surface area contributed by atoms with Crippen LogP contribution in [0.5, 0.6) is 5.75 Å². The van der Waals surface area contributed by atoms with Crippen molar-refractivity contribution in [2.24, 2.45) is 0 Å². The Balaban J connectivity index is 0.00000133. The summed E-state index contributed by atoms with van der Waals surface area (Å²) in [5, 5.41) is 21.6. The molecule has 19 heavy (non-hydrogen) atoms. The predicted molar refractivity (Wildman–Crippen MR) is 75.4 cm³/mol. The van der Waals surface area contributed by atoms with Crippen molar-refractivity contribution in [2.75, 3.05) is 25.1 Å². The average Bonchev–Trinajstić information content (AvgIpc) is 2.39. The lowest BCUT2D eigenvalue weighted by Gasteiger charge is -2.41. The SMILES string of the molecule is Cl.OB(O)c1ccc2c(c1)NCC1(CCOCC1)O2. The first kappa shape index (κ1) is 14.5. The summed E-state index contributed by atoms with van der Waals surface area (Å²) in [5.74, 6) is 0.771. The maximum absolute atomic E-state index is 9.14. The minimum Gasteiger partial charge on any atom is -0.483 e. The van der Waals surface area contributed by atoms with E-state index >= 15 is 0 Å². The highest BCUT2D eigenvalue weighted by atomic mass is 35.5. The van der Waals surface area contributed by atoms with Crippen LogP contribution in [0.25, 0.3) is 0 Å². The molecule has 1 aromatic rings. The van der Waals surface area contributed by atoms with E-state index in [0.29, 0.717) is 5.46 Å². The van der Waals surface area contributed by atoms with Gasteiger partial charge in [0.2, 0.25) is 0 Å². The zero-order chi connectivity index (χ0) is 12.6. The molecule has 0 amide bonds. The van der Waals surface area contributed by atoms with Gasteiger partial charge in [0, 0.05) is 12.8 Å². The second-order valence-electron chi connectivity index (χ2n) is 4.88. The molecular weight excluding hydrogens is 268 g/mol. The number of anilines is 1. The largest absolute Gasteiger partial charge is 0.488 e. The molecule has 0 aliphatic carbocycles. The average molecular weight is 286 g/mol. The Labute approximate surface area is 118 Å². The van der Waals surface area contributed by atoms with Crippen molar-refractivity contribution < 1.29 is 19.5 Å². The van der Waals surface area contributed by atoms with E-state index in [0.717, 1.165) is 44.0 Å². The Bertz CT molecular complexity index is 451. The molecule has 1 fully saturated rings. The Morgan fingerprint density at radius 1 is 1.21 bits per heavy atom. The van der Waals surface area contributed by atoms with Gasteiger partial charge in [-0.3, -0.25) is 0 Å². The minimum atomic E-state index is -1.45. The number of benzene rings is 1. The summed E-state index contributed by atoms with van der Waals surface area (Å²) in [5.41, 5.74) is 1.11. The summed E-state index contributed by atoms with van der Waals surface area (Å²) in [7, 11) is -1.45. The number of rotatable bonds is 1. The van der Waals surface area contributed by atoms with Crippen LogP contribution < -0.4 is 15.5 Å². The molecular formula is C12H17BClNO4. The highest BCUT2D eigenvalue weighted by Crippen LogP contribution is 2.36. The molecule has 0 unspecified atom stereocenters. The van der Waals surface area contributed by atoms with Crippen molar-refractivity contribution in [2.45, 2.75) is 18.4 Å². The molecule has 5 nitrogen and oxygen atoms in total. The third-order valence-electron chi connectivity index (χ3n) is 3.63. The molecule has 104 valence electrons. The van der Waals surface area contributed by atoms with Crippen LogP contribution in [0, 0.1) is 0 Å². The van der Waals surface area contributed by atoms with Crippen LogP contribution in [0.1, 0.15) is 12.8 Å². The van der Waals surface area contributed by atoms with E-state index in [1.165, 1.54) is 0 Å². The lowest BCUT2D eigenvalue weighted by atomic mass is 9.80. The third kappa shape index (κ3) is 2.82. The van der Waals surface area contributed by atoms with E-state index in [1.807, 2.05) is 0 Å². The van der Waals surface area contributed by atoms with Crippen LogP contribution in [-0.4, -0.2) is 42.5 Å². The standard InChI is InChI=1S/C12H16BNO4.ClH/c15-13(16)9-1-2-11-10(7-9)14-8-12(18-11)3-5-17-6-4-12;/h1-2,7,14-16H,3-6,8H2;1H. The van der Waals surface area contributed by atoms with Crippen LogP contribution in [0.15, 0.2) is 18.2 Å². The lowest BCUT2D eigenvalue weighted by Crippen LogP contribution is -2.50. The number of hydrogen-bond acceptors (Lipinski definition) is 5. The van der Waals surface area contributed by atoms with Gasteiger partial charge in [0.1, 0.15) is 11.4 Å². The molecule has 3 N–H and O–H groups in total. The zero-order valence-corrected chi connectivity index (χ0v) is 11.3. The van der Waals surface area contributed by atoms with Crippen LogP contribution in [0.3, 0.4) is 0 Å². The van der Waals surface area contributed by atoms with Crippen LogP contribution >= 0.6 is 12.4 Å². The van der Waals surface area contributed by atoms with Gasteiger partial charge >= 0.3 is 7.12 Å². The Kier molecular flexibility index (Phi) is 4.25. The Morgan fingerprint density at radius 3 is 2.63 bits per heavy atom. The Morgan fingerprint density at radius 2 is 1.95 bits per heavy atom. The fourth-order valence-corrected chi connectivity index (χ4v) is 2.48. The van der Waals surface area contributed by atoms with Crippen molar-refractivity contribution in [1.29, 1.82) is 0 Å². The van der Waals surface area contributed by atoms with E-state index in [9.17, 15) is 0 Å². The van der Waals surface area contributed by atoms with Crippen molar-refractivity contribution in [3.05, 3.63) is 18.2 Å². The predicted octanol–water partition coefficient (Wildman–Crippen LogP) is 0.142. The molecule has 1 aromatic carbocycles. The molecule has 3 rings (SSSR count). The van der Waals surface area contributed by atoms with Gasteiger partial charge in [-0.2, -0.15) is 0 Å². The molecule has 2 heterocycles. The van der Waals surface area contributed by atoms with Gasteiger partial charge in [-0.25, -0.2) is 0 Å². The second-order valence-corrected chi connectivity index (χ2v) is 4.88. The number of ether oxygens (including phenoxy) is 2. The fraction of sp³-hybridized carbons (Fsp3) is 0.500. The van der Waals surface area contributed by atoms with E-state index in [-0.39, 0.29) is 18.0 Å². The second kappa shape index (κ2) is 5.59. The Hall–Kier alpha value is -0.945. The molecule has 7 heteroatoms. The highest BCUT2D eigenvalue weighted by Gasteiger charge is 2.38. The van der Waals surface area contributed by atoms with Gasteiger partial charge in [-0.1, -0.05) is 6.07 Å². The van der Waals surface area contributed by atoms with Gasteiger partial charge in [0.05, 0.1) is 25.4 Å². The van der Waals surface area contributed by atoms with E-state index in [1.54, 1.807) is 18.2 Å². The molecule has 0 saturated carbocycles.